The summed E-state index contributed by atoms with van der Waals surface area (Å²) in [4.78, 5) is 1.36. The highest BCUT2D eigenvalue weighted by molar-refractivity contribution is 8.04. The molecule has 2 atom stereocenters. The molecule has 2 N–H and O–H groups in total. The van der Waals surface area contributed by atoms with Crippen molar-refractivity contribution in [2.45, 2.75) is 49.7 Å². The number of nitrogens with zero attached hydrogens (tertiary/aromatic N) is 1. The van der Waals surface area contributed by atoms with Gasteiger partial charge in [0.15, 0.2) is 0 Å². The topological polar surface area (TPSA) is 73.3 Å². The van der Waals surface area contributed by atoms with Gasteiger partial charge in [0, 0.05) is 43.9 Å². The second kappa shape index (κ2) is 8.90. The lowest BCUT2D eigenvalue weighted by atomic mass is 9.90. The van der Waals surface area contributed by atoms with Crippen LogP contribution >= 0.6 is 11.8 Å². The lowest BCUT2D eigenvalue weighted by molar-refractivity contribution is 0.501. The van der Waals surface area contributed by atoms with E-state index in [0.717, 1.165) is 38.5 Å². The summed E-state index contributed by atoms with van der Waals surface area (Å²) in [6.07, 6.45) is 8.13. The van der Waals surface area contributed by atoms with Crippen molar-refractivity contribution in [2.24, 2.45) is 0 Å². The van der Waals surface area contributed by atoms with E-state index < -0.39 is 10.2 Å². The van der Waals surface area contributed by atoms with Crippen molar-refractivity contribution >= 4 is 27.7 Å². The Morgan fingerprint density at radius 2 is 2.00 bits per heavy atom. The normalized spacial score (nSPS) is 22.3. The average Bonchev–Trinajstić information content (AvgIpc) is 2.94. The molecule has 5 nitrogen and oxygen atoms in total. The van der Waals surface area contributed by atoms with Crippen LogP contribution in [0.5, 0.6) is 0 Å². The SMILES string of the molecule is CN(C)S(=O)(=O)NCCCCCC1CC2C(=CC(=N)Cc3ccccc32)S1. The lowest BCUT2D eigenvalue weighted by Crippen LogP contribution is -2.36. The fraction of sp³-hybridized carbons (Fsp3) is 0.550. The van der Waals surface area contributed by atoms with Gasteiger partial charge in [-0.2, -0.15) is 12.7 Å². The van der Waals surface area contributed by atoms with E-state index in [9.17, 15) is 8.42 Å². The van der Waals surface area contributed by atoms with Crippen molar-refractivity contribution < 1.29 is 8.42 Å². The van der Waals surface area contributed by atoms with Gasteiger partial charge >= 0.3 is 0 Å². The van der Waals surface area contributed by atoms with Gasteiger partial charge in [0.25, 0.3) is 10.2 Å². The van der Waals surface area contributed by atoms with Crippen LogP contribution in [0.25, 0.3) is 0 Å². The van der Waals surface area contributed by atoms with E-state index in [1.807, 2.05) is 11.8 Å². The number of unbranched alkanes of at least 4 members (excludes halogenated alkanes) is 2. The minimum atomic E-state index is -3.30. The number of allylic oxidation sites excluding steroid dienone is 2. The molecule has 1 fully saturated rings. The fourth-order valence-corrected chi connectivity index (χ4v) is 5.98. The molecule has 2 aliphatic rings. The van der Waals surface area contributed by atoms with Crippen LogP contribution in [0.15, 0.2) is 35.2 Å². The number of hydrogen-bond donors (Lipinski definition) is 2. The monoisotopic (exact) mass is 407 g/mol. The molecule has 0 saturated carbocycles. The van der Waals surface area contributed by atoms with Crippen molar-refractivity contribution in [2.75, 3.05) is 20.6 Å². The van der Waals surface area contributed by atoms with Crippen molar-refractivity contribution in [1.29, 1.82) is 5.41 Å². The van der Waals surface area contributed by atoms with Gasteiger partial charge in [0.2, 0.25) is 0 Å². The van der Waals surface area contributed by atoms with E-state index in [4.69, 9.17) is 5.41 Å². The van der Waals surface area contributed by atoms with E-state index >= 15 is 0 Å². The van der Waals surface area contributed by atoms with Gasteiger partial charge in [-0.15, -0.1) is 11.8 Å². The minimum absolute atomic E-state index is 0.450. The molecule has 27 heavy (non-hydrogen) atoms. The zero-order valence-corrected chi connectivity index (χ0v) is 17.7. The molecule has 0 amide bonds. The zero-order chi connectivity index (χ0) is 19.4. The van der Waals surface area contributed by atoms with Gasteiger partial charge in [-0.25, -0.2) is 4.72 Å². The van der Waals surface area contributed by atoms with E-state index in [0.29, 0.717) is 23.4 Å². The van der Waals surface area contributed by atoms with Crippen molar-refractivity contribution in [3.05, 3.63) is 46.4 Å². The second-order valence-corrected chi connectivity index (χ2v) is 10.8. The van der Waals surface area contributed by atoms with Crippen molar-refractivity contribution in [1.82, 2.24) is 9.03 Å². The molecule has 0 aromatic heterocycles. The smallest absolute Gasteiger partial charge is 0.278 e. The Morgan fingerprint density at radius 3 is 2.78 bits per heavy atom. The number of thioether (sulfide) groups is 1. The van der Waals surface area contributed by atoms with E-state index in [-0.39, 0.29) is 0 Å². The molecule has 2 unspecified atom stereocenters. The van der Waals surface area contributed by atoms with Gasteiger partial charge in [-0.3, -0.25) is 0 Å². The van der Waals surface area contributed by atoms with Crippen LogP contribution in [-0.4, -0.2) is 44.3 Å². The Kier molecular flexibility index (Phi) is 6.78. The van der Waals surface area contributed by atoms with Gasteiger partial charge in [-0.1, -0.05) is 37.1 Å². The summed E-state index contributed by atoms with van der Waals surface area (Å²) >= 11 is 1.95. The molecule has 1 heterocycles. The molecule has 148 valence electrons. The van der Waals surface area contributed by atoms with Gasteiger partial charge in [0.05, 0.1) is 0 Å². The van der Waals surface area contributed by atoms with Gasteiger partial charge < -0.3 is 5.41 Å². The maximum absolute atomic E-state index is 11.7. The number of rotatable bonds is 8. The highest BCUT2D eigenvalue weighted by atomic mass is 32.2. The number of hydrogen-bond acceptors (Lipinski definition) is 4. The number of fused-ring (bicyclic) bond motifs is 3. The summed E-state index contributed by atoms with van der Waals surface area (Å²) in [6, 6.07) is 8.57. The van der Waals surface area contributed by atoms with Crippen LogP contribution in [-0.2, 0) is 16.6 Å². The third-order valence-corrected chi connectivity index (χ3v) is 8.21. The first kappa shape index (κ1) is 20.6. The first-order valence-electron chi connectivity index (χ1n) is 9.57. The van der Waals surface area contributed by atoms with Crippen molar-refractivity contribution in [3.8, 4) is 0 Å². The zero-order valence-electron chi connectivity index (χ0n) is 16.1. The van der Waals surface area contributed by atoms with Crippen LogP contribution < -0.4 is 4.72 Å². The Hall–Kier alpha value is -1.15. The number of nitrogens with one attached hydrogen (secondary N) is 2. The van der Waals surface area contributed by atoms with Gasteiger partial charge in [-0.05, 0) is 41.4 Å². The molecule has 1 aliphatic heterocycles. The standard InChI is InChI=1S/C20H29N3O2S2/c1-23(2)27(24,25)22-11-7-3-4-9-17-14-19-18-10-6-5-8-15(18)12-16(21)13-20(19)26-17/h5-6,8,10,13,17,19,21-22H,3-4,7,9,11-12,14H2,1-2H3. The van der Waals surface area contributed by atoms with Crippen LogP contribution in [0.4, 0.5) is 0 Å². The van der Waals surface area contributed by atoms with E-state index in [1.165, 1.54) is 34.4 Å². The summed E-state index contributed by atoms with van der Waals surface area (Å²) in [6.45, 7) is 0.497. The lowest BCUT2D eigenvalue weighted by Gasteiger charge is -2.14. The highest BCUT2D eigenvalue weighted by Crippen LogP contribution is 2.50. The molecule has 1 saturated heterocycles. The minimum Gasteiger partial charge on any atom is -0.305 e. The summed E-state index contributed by atoms with van der Waals surface area (Å²) in [5.41, 5.74) is 3.41. The molecular formula is C20H29N3O2S2. The maximum atomic E-state index is 11.7. The Labute approximate surface area is 167 Å². The molecule has 0 radical (unpaired) electrons. The summed E-state index contributed by atoms with van der Waals surface area (Å²) in [5, 5.41) is 8.82. The van der Waals surface area contributed by atoms with Crippen LogP contribution in [0.2, 0.25) is 0 Å². The molecule has 1 aromatic rings. The van der Waals surface area contributed by atoms with Crippen LogP contribution in [0.3, 0.4) is 0 Å². The van der Waals surface area contributed by atoms with Gasteiger partial charge in [0.1, 0.15) is 0 Å². The molecule has 1 aromatic carbocycles. The van der Waals surface area contributed by atoms with Crippen LogP contribution in [0, 0.1) is 5.41 Å². The summed E-state index contributed by atoms with van der Waals surface area (Å²) < 4.78 is 27.1. The average molecular weight is 408 g/mol. The fourth-order valence-electron chi connectivity index (χ4n) is 3.76. The molecule has 3 rings (SSSR count). The predicted octanol–water partition coefficient (Wildman–Crippen LogP) is 3.69. The van der Waals surface area contributed by atoms with E-state index in [2.05, 4.69) is 35.1 Å². The van der Waals surface area contributed by atoms with Crippen molar-refractivity contribution in [3.63, 3.8) is 0 Å². The Balaban J connectivity index is 1.47. The first-order chi connectivity index (χ1) is 12.9. The first-order valence-corrected chi connectivity index (χ1v) is 11.9. The maximum Gasteiger partial charge on any atom is 0.278 e. The summed E-state index contributed by atoms with van der Waals surface area (Å²) in [5.74, 6) is 0.450. The molecule has 7 heteroatoms. The largest absolute Gasteiger partial charge is 0.305 e. The summed E-state index contributed by atoms with van der Waals surface area (Å²) in [7, 11) is -0.230. The second-order valence-electron chi connectivity index (χ2n) is 7.51. The quantitative estimate of drug-likeness (QED) is 0.646. The Bertz CT molecular complexity index is 818. The third-order valence-electron chi connectivity index (χ3n) is 5.24. The highest BCUT2D eigenvalue weighted by Gasteiger charge is 2.33. The Morgan fingerprint density at radius 1 is 1.22 bits per heavy atom. The molecule has 1 aliphatic carbocycles. The predicted molar refractivity (Wildman–Crippen MR) is 114 cm³/mol. The van der Waals surface area contributed by atoms with Crippen LogP contribution in [0.1, 0.15) is 49.1 Å². The number of benzene rings is 1. The molecule has 0 bridgehead atoms. The molecular weight excluding hydrogens is 378 g/mol. The molecule has 0 spiro atoms. The third kappa shape index (κ3) is 5.22. The van der Waals surface area contributed by atoms with E-state index in [1.54, 1.807) is 0 Å².